The van der Waals surface area contributed by atoms with Gasteiger partial charge < -0.3 is 5.43 Å². The maximum absolute atomic E-state index is 3.23. The van der Waals surface area contributed by atoms with Crippen molar-refractivity contribution < 1.29 is 0 Å². The molecule has 0 spiro atoms. The zero-order valence-corrected chi connectivity index (χ0v) is 6.46. The lowest BCUT2D eigenvalue weighted by molar-refractivity contribution is 0.664. The highest BCUT2D eigenvalue weighted by Crippen LogP contribution is 1.91. The smallest absolute Gasteiger partial charge is 0.0876 e. The summed E-state index contributed by atoms with van der Waals surface area (Å²) in [5.74, 6) is 0. The summed E-state index contributed by atoms with van der Waals surface area (Å²) in [4.78, 5) is 0. The zero-order chi connectivity index (χ0) is 7.40. The molecule has 1 aromatic heterocycles. The first-order chi connectivity index (χ1) is 4.83. The summed E-state index contributed by atoms with van der Waals surface area (Å²) in [5.41, 5.74) is 3.23. The predicted octanol–water partition coefficient (Wildman–Crippen LogP) is 1.63. The molecule has 0 saturated heterocycles. The van der Waals surface area contributed by atoms with Crippen molar-refractivity contribution in [2.45, 2.75) is 26.3 Å². The Kier molecular flexibility index (Phi) is 2.37. The van der Waals surface area contributed by atoms with E-state index in [1.807, 2.05) is 23.0 Å². The molecule has 10 heavy (non-hydrogen) atoms. The maximum Gasteiger partial charge on any atom is 0.0876 e. The van der Waals surface area contributed by atoms with Crippen LogP contribution in [0.25, 0.3) is 0 Å². The molecule has 1 heterocycles. The van der Waals surface area contributed by atoms with E-state index in [-0.39, 0.29) is 0 Å². The van der Waals surface area contributed by atoms with E-state index in [0.29, 0.717) is 6.04 Å². The lowest BCUT2D eigenvalue weighted by Crippen LogP contribution is -2.22. The number of nitrogens with zero attached hydrogens (tertiary/aromatic N) is 1. The minimum absolute atomic E-state index is 0.517. The van der Waals surface area contributed by atoms with Crippen molar-refractivity contribution in [2.24, 2.45) is 0 Å². The molecule has 1 radical (unpaired) electrons. The van der Waals surface area contributed by atoms with Gasteiger partial charge in [0.2, 0.25) is 0 Å². The van der Waals surface area contributed by atoms with Gasteiger partial charge in [0.1, 0.15) is 0 Å². The van der Waals surface area contributed by atoms with Crippen LogP contribution in [0.4, 0.5) is 0 Å². The van der Waals surface area contributed by atoms with Crippen LogP contribution in [-0.2, 0) is 0 Å². The number of nitrogens with one attached hydrogen (secondary N) is 1. The topological polar surface area (TPSA) is 17.0 Å². The molecule has 1 N–H and O–H groups in total. The van der Waals surface area contributed by atoms with Crippen molar-refractivity contribution in [1.82, 2.24) is 4.68 Å². The second-order valence-corrected chi connectivity index (χ2v) is 2.45. The maximum atomic E-state index is 3.23. The molecular formula is C8H13N2. The molecule has 2 nitrogen and oxygen atoms in total. The molecule has 0 fully saturated rings. The molecule has 0 aliphatic rings. The molecule has 0 amide bonds. The highest BCUT2D eigenvalue weighted by Gasteiger charge is 1.94. The van der Waals surface area contributed by atoms with Crippen molar-refractivity contribution in [3.63, 3.8) is 0 Å². The van der Waals surface area contributed by atoms with E-state index in [4.69, 9.17) is 0 Å². The van der Waals surface area contributed by atoms with Gasteiger partial charge in [-0.25, -0.2) is 0 Å². The number of aromatic nitrogens is 1. The molecule has 1 unspecified atom stereocenters. The fraction of sp³-hybridized carbons (Fsp3) is 0.500. The minimum Gasteiger partial charge on any atom is -0.323 e. The fourth-order valence-electron chi connectivity index (χ4n) is 0.704. The number of hydrogen-bond donors (Lipinski definition) is 1. The summed E-state index contributed by atoms with van der Waals surface area (Å²) in [6.45, 7) is 4.30. The first-order valence-electron chi connectivity index (χ1n) is 3.64. The molecule has 2 heteroatoms. The lowest BCUT2D eigenvalue weighted by atomic mass is 10.3. The summed E-state index contributed by atoms with van der Waals surface area (Å²) in [7, 11) is 0. The summed E-state index contributed by atoms with van der Waals surface area (Å²) >= 11 is 0. The van der Waals surface area contributed by atoms with Crippen LogP contribution in [0.5, 0.6) is 0 Å². The minimum atomic E-state index is 0.517. The fourth-order valence-corrected chi connectivity index (χ4v) is 0.704. The van der Waals surface area contributed by atoms with E-state index in [0.717, 1.165) is 6.42 Å². The quantitative estimate of drug-likeness (QED) is 0.670. The Balaban J connectivity index is 2.40. The highest BCUT2D eigenvalue weighted by atomic mass is 15.4. The monoisotopic (exact) mass is 137 g/mol. The summed E-state index contributed by atoms with van der Waals surface area (Å²) < 4.78 is 1.86. The lowest BCUT2D eigenvalue weighted by Gasteiger charge is -2.12. The van der Waals surface area contributed by atoms with Crippen LogP contribution in [0.15, 0.2) is 18.3 Å². The molecule has 1 aromatic rings. The predicted molar refractivity (Wildman–Crippen MR) is 42.4 cm³/mol. The summed E-state index contributed by atoms with van der Waals surface area (Å²) in [5, 5.41) is 0. The van der Waals surface area contributed by atoms with Crippen LogP contribution in [-0.4, -0.2) is 10.7 Å². The van der Waals surface area contributed by atoms with E-state index in [9.17, 15) is 0 Å². The van der Waals surface area contributed by atoms with E-state index in [1.165, 1.54) is 0 Å². The first kappa shape index (κ1) is 7.19. The van der Waals surface area contributed by atoms with Gasteiger partial charge in [-0.05, 0) is 25.5 Å². The molecule has 0 aliphatic heterocycles. The van der Waals surface area contributed by atoms with Gasteiger partial charge in [0.05, 0.1) is 6.20 Å². The van der Waals surface area contributed by atoms with Crippen LogP contribution < -0.4 is 5.43 Å². The first-order valence-corrected chi connectivity index (χ1v) is 3.64. The van der Waals surface area contributed by atoms with Crippen LogP contribution >= 0.6 is 0 Å². The standard InChI is InChI=1S/C8H13N2/c1-3-8(2)9-10-6-4-5-7-10/h4-6,8-9H,3H2,1-2H3. The third kappa shape index (κ3) is 1.79. The van der Waals surface area contributed by atoms with Gasteiger partial charge in [0.25, 0.3) is 0 Å². The molecule has 55 valence electrons. The Morgan fingerprint density at radius 1 is 1.70 bits per heavy atom. The van der Waals surface area contributed by atoms with Crippen LogP contribution in [0.2, 0.25) is 0 Å². The summed E-state index contributed by atoms with van der Waals surface area (Å²) in [6, 6.07) is 4.36. The molecule has 1 rings (SSSR count). The molecule has 0 aliphatic carbocycles. The second kappa shape index (κ2) is 3.30. The Labute approximate surface area is 61.8 Å². The van der Waals surface area contributed by atoms with Crippen molar-refractivity contribution in [1.29, 1.82) is 0 Å². The SMILES string of the molecule is CCC(C)Nn1[c]ccc1. The third-order valence-corrected chi connectivity index (χ3v) is 1.52. The van der Waals surface area contributed by atoms with Gasteiger partial charge >= 0.3 is 0 Å². The van der Waals surface area contributed by atoms with E-state index in [2.05, 4.69) is 25.5 Å². The van der Waals surface area contributed by atoms with E-state index >= 15 is 0 Å². The normalized spacial score (nSPS) is 13.0. The Bertz CT molecular complexity index is 167. The highest BCUT2D eigenvalue weighted by molar-refractivity contribution is 4.92. The third-order valence-electron chi connectivity index (χ3n) is 1.52. The zero-order valence-electron chi connectivity index (χ0n) is 6.46. The largest absolute Gasteiger partial charge is 0.323 e. The Hall–Kier alpha value is -0.920. The van der Waals surface area contributed by atoms with Crippen LogP contribution in [0.3, 0.4) is 0 Å². The Morgan fingerprint density at radius 3 is 3.00 bits per heavy atom. The second-order valence-electron chi connectivity index (χ2n) is 2.45. The van der Waals surface area contributed by atoms with Gasteiger partial charge in [0, 0.05) is 12.2 Å². The van der Waals surface area contributed by atoms with Crippen molar-refractivity contribution in [3.8, 4) is 0 Å². The average Bonchev–Trinajstić information content (AvgIpc) is 2.40. The molecule has 1 atom stereocenters. The van der Waals surface area contributed by atoms with Crippen LogP contribution in [0.1, 0.15) is 20.3 Å². The number of hydrogen-bond acceptors (Lipinski definition) is 1. The molecule has 0 bridgehead atoms. The van der Waals surface area contributed by atoms with Crippen molar-refractivity contribution in [3.05, 3.63) is 24.5 Å². The van der Waals surface area contributed by atoms with Gasteiger partial charge in [-0.15, -0.1) is 0 Å². The van der Waals surface area contributed by atoms with Crippen LogP contribution in [0, 0.1) is 6.20 Å². The van der Waals surface area contributed by atoms with Gasteiger partial charge in [0.15, 0.2) is 0 Å². The van der Waals surface area contributed by atoms with Gasteiger partial charge in [-0.1, -0.05) is 6.92 Å². The van der Waals surface area contributed by atoms with E-state index < -0.39 is 0 Å². The number of rotatable bonds is 3. The molecule has 0 aromatic carbocycles. The van der Waals surface area contributed by atoms with Crippen molar-refractivity contribution in [2.75, 3.05) is 5.43 Å². The average molecular weight is 137 g/mol. The van der Waals surface area contributed by atoms with E-state index in [1.54, 1.807) is 0 Å². The van der Waals surface area contributed by atoms with Gasteiger partial charge in [-0.3, -0.25) is 4.68 Å². The molecular weight excluding hydrogens is 124 g/mol. The molecule has 0 saturated carbocycles. The van der Waals surface area contributed by atoms with Gasteiger partial charge in [-0.2, -0.15) is 0 Å². The Morgan fingerprint density at radius 2 is 2.50 bits per heavy atom. The summed E-state index contributed by atoms with van der Waals surface area (Å²) in [6.07, 6.45) is 6.09. The van der Waals surface area contributed by atoms with Crippen molar-refractivity contribution >= 4 is 0 Å².